The molecule has 1 aliphatic heterocycles. The highest BCUT2D eigenvalue weighted by atomic mass is 32.2. The number of amides is 2. The van der Waals surface area contributed by atoms with Crippen LogP contribution in [0.1, 0.15) is 34.3 Å². The third kappa shape index (κ3) is 5.40. The molecule has 0 aromatic heterocycles. The minimum Gasteiger partial charge on any atom is -0.338 e. The summed E-state index contributed by atoms with van der Waals surface area (Å²) >= 11 is 0. The van der Waals surface area contributed by atoms with Gasteiger partial charge < -0.3 is 10.2 Å². The van der Waals surface area contributed by atoms with Crippen molar-refractivity contribution < 1.29 is 18.0 Å². The van der Waals surface area contributed by atoms with Crippen molar-refractivity contribution in [2.45, 2.75) is 31.2 Å². The summed E-state index contributed by atoms with van der Waals surface area (Å²) < 4.78 is 27.9. The van der Waals surface area contributed by atoms with Crippen LogP contribution in [-0.4, -0.2) is 31.7 Å². The van der Waals surface area contributed by atoms with Crippen molar-refractivity contribution in [3.63, 3.8) is 0 Å². The summed E-state index contributed by atoms with van der Waals surface area (Å²) in [7, 11) is -3.74. The van der Waals surface area contributed by atoms with E-state index in [0.717, 1.165) is 24.1 Å². The molecule has 3 aromatic carbocycles. The van der Waals surface area contributed by atoms with Gasteiger partial charge in [0, 0.05) is 30.8 Å². The van der Waals surface area contributed by atoms with Gasteiger partial charge in [0.25, 0.3) is 15.9 Å². The molecule has 7 nitrogen and oxygen atoms in total. The van der Waals surface area contributed by atoms with Crippen LogP contribution in [0.5, 0.6) is 0 Å². The Morgan fingerprint density at radius 1 is 0.970 bits per heavy atom. The zero-order chi connectivity index (χ0) is 23.4. The lowest BCUT2D eigenvalue weighted by Crippen LogP contribution is -2.23. The fraction of sp³-hybridized carbons (Fsp3) is 0.200. The average Bonchev–Trinajstić information content (AvgIpc) is 3.20. The molecule has 170 valence electrons. The monoisotopic (exact) mass is 463 g/mol. The number of rotatable bonds is 7. The van der Waals surface area contributed by atoms with Gasteiger partial charge in [0.15, 0.2) is 0 Å². The summed E-state index contributed by atoms with van der Waals surface area (Å²) in [5.41, 5.74) is 3.28. The molecule has 0 spiro atoms. The lowest BCUT2D eigenvalue weighted by Gasteiger charge is -2.15. The van der Waals surface area contributed by atoms with Gasteiger partial charge in [-0.1, -0.05) is 30.3 Å². The maximum absolute atomic E-state index is 12.7. The molecule has 2 N–H and O–H groups in total. The number of aryl methyl sites for hydroxylation is 1. The van der Waals surface area contributed by atoms with Crippen LogP contribution >= 0.6 is 0 Å². The summed E-state index contributed by atoms with van der Waals surface area (Å²) in [4.78, 5) is 26.3. The number of carbonyl (C=O) groups is 2. The predicted molar refractivity (Wildman–Crippen MR) is 127 cm³/mol. The number of likely N-dealkylation sites (tertiary alicyclic amines) is 1. The minimum atomic E-state index is -3.74. The van der Waals surface area contributed by atoms with E-state index >= 15 is 0 Å². The lowest BCUT2D eigenvalue weighted by atomic mass is 10.1. The summed E-state index contributed by atoms with van der Waals surface area (Å²) in [6.45, 7) is 3.15. The molecule has 2 amide bonds. The Morgan fingerprint density at radius 3 is 2.30 bits per heavy atom. The van der Waals surface area contributed by atoms with Crippen molar-refractivity contribution in [1.82, 2.24) is 4.90 Å². The SMILES string of the molecule is Cc1ccccc1NS(=O)(=O)c1ccc(NC(=O)c2ccc(CN3CCCC3=O)cc2)cc1. The minimum absolute atomic E-state index is 0.101. The molecule has 1 aliphatic rings. The van der Waals surface area contributed by atoms with E-state index in [1.807, 2.05) is 36.1 Å². The fourth-order valence-electron chi connectivity index (χ4n) is 3.66. The quantitative estimate of drug-likeness (QED) is 0.550. The third-order valence-electron chi connectivity index (χ3n) is 5.57. The molecule has 0 saturated carbocycles. The van der Waals surface area contributed by atoms with E-state index in [2.05, 4.69) is 10.0 Å². The summed E-state index contributed by atoms with van der Waals surface area (Å²) in [5, 5.41) is 2.78. The molecule has 0 aliphatic carbocycles. The van der Waals surface area contributed by atoms with Crippen LogP contribution in [0.3, 0.4) is 0 Å². The Morgan fingerprint density at radius 2 is 1.67 bits per heavy atom. The summed E-state index contributed by atoms with van der Waals surface area (Å²) in [6, 6.07) is 20.3. The number of hydrogen-bond donors (Lipinski definition) is 2. The number of anilines is 2. The highest BCUT2D eigenvalue weighted by Gasteiger charge is 2.20. The molecular weight excluding hydrogens is 438 g/mol. The van der Waals surface area contributed by atoms with Crippen molar-refractivity contribution in [2.24, 2.45) is 0 Å². The lowest BCUT2D eigenvalue weighted by molar-refractivity contribution is -0.128. The van der Waals surface area contributed by atoms with E-state index in [0.29, 0.717) is 29.9 Å². The molecule has 0 bridgehead atoms. The molecule has 0 radical (unpaired) electrons. The normalized spacial score (nSPS) is 13.7. The average molecular weight is 464 g/mol. The van der Waals surface area contributed by atoms with Gasteiger partial charge in [-0.15, -0.1) is 0 Å². The molecule has 4 rings (SSSR count). The highest BCUT2D eigenvalue weighted by Crippen LogP contribution is 2.21. The number of hydrogen-bond acceptors (Lipinski definition) is 4. The summed E-state index contributed by atoms with van der Waals surface area (Å²) in [5.74, 6) is -0.135. The molecule has 1 heterocycles. The summed E-state index contributed by atoms with van der Waals surface area (Å²) in [6.07, 6.45) is 1.49. The maximum atomic E-state index is 12.7. The Balaban J connectivity index is 1.38. The number of benzene rings is 3. The molecule has 8 heteroatoms. The first kappa shape index (κ1) is 22.5. The van der Waals surface area contributed by atoms with Crippen LogP contribution in [0, 0.1) is 6.92 Å². The molecule has 0 unspecified atom stereocenters. The zero-order valence-electron chi connectivity index (χ0n) is 18.2. The Kier molecular flexibility index (Phi) is 6.46. The van der Waals surface area contributed by atoms with Crippen molar-refractivity contribution >= 4 is 33.2 Å². The van der Waals surface area contributed by atoms with Gasteiger partial charge in [-0.2, -0.15) is 0 Å². The number of carbonyl (C=O) groups excluding carboxylic acids is 2. The van der Waals surface area contributed by atoms with E-state index in [9.17, 15) is 18.0 Å². The number of para-hydroxylation sites is 1. The van der Waals surface area contributed by atoms with E-state index in [1.165, 1.54) is 12.1 Å². The van der Waals surface area contributed by atoms with Crippen LogP contribution in [0.2, 0.25) is 0 Å². The van der Waals surface area contributed by atoms with Crippen molar-refractivity contribution in [3.05, 3.63) is 89.5 Å². The third-order valence-corrected chi connectivity index (χ3v) is 6.95. The molecular formula is C25H25N3O4S. The first-order chi connectivity index (χ1) is 15.8. The molecule has 1 saturated heterocycles. The van der Waals surface area contributed by atoms with Gasteiger partial charge in [0.2, 0.25) is 5.91 Å². The first-order valence-corrected chi connectivity index (χ1v) is 12.2. The predicted octanol–water partition coefficient (Wildman–Crippen LogP) is 4.17. The largest absolute Gasteiger partial charge is 0.338 e. The van der Waals surface area contributed by atoms with E-state index < -0.39 is 10.0 Å². The number of nitrogens with one attached hydrogen (secondary N) is 2. The second-order valence-corrected chi connectivity index (χ2v) is 9.70. The van der Waals surface area contributed by atoms with Crippen LogP contribution in [0.4, 0.5) is 11.4 Å². The van der Waals surface area contributed by atoms with Gasteiger partial charge in [-0.25, -0.2) is 8.42 Å². The van der Waals surface area contributed by atoms with Crippen LogP contribution in [-0.2, 0) is 21.4 Å². The molecule has 1 fully saturated rings. The van der Waals surface area contributed by atoms with Gasteiger partial charge in [0.1, 0.15) is 0 Å². The van der Waals surface area contributed by atoms with Crippen molar-refractivity contribution in [2.75, 3.05) is 16.6 Å². The standard InChI is InChI=1S/C25H25N3O4S/c1-18-5-2-3-6-23(18)27-33(31,32)22-14-12-21(13-15-22)26-25(30)20-10-8-19(9-11-20)17-28-16-4-7-24(28)29/h2-3,5-6,8-15,27H,4,7,16-17H2,1H3,(H,26,30). The Hall–Kier alpha value is -3.65. The van der Waals surface area contributed by atoms with E-state index in [4.69, 9.17) is 0 Å². The first-order valence-electron chi connectivity index (χ1n) is 10.7. The van der Waals surface area contributed by atoms with Crippen LogP contribution in [0.25, 0.3) is 0 Å². The second kappa shape index (κ2) is 9.46. The van der Waals surface area contributed by atoms with Gasteiger partial charge in [0.05, 0.1) is 10.6 Å². The smallest absolute Gasteiger partial charge is 0.261 e. The number of nitrogens with zero attached hydrogens (tertiary/aromatic N) is 1. The second-order valence-electron chi connectivity index (χ2n) is 8.01. The van der Waals surface area contributed by atoms with E-state index in [-0.39, 0.29) is 16.7 Å². The number of sulfonamides is 1. The van der Waals surface area contributed by atoms with Crippen LogP contribution in [0.15, 0.2) is 77.7 Å². The Labute approximate surface area is 193 Å². The van der Waals surface area contributed by atoms with Gasteiger partial charge in [-0.3, -0.25) is 14.3 Å². The Bertz CT molecular complexity index is 1270. The highest BCUT2D eigenvalue weighted by molar-refractivity contribution is 7.92. The fourth-order valence-corrected chi connectivity index (χ4v) is 4.80. The topological polar surface area (TPSA) is 95.6 Å². The van der Waals surface area contributed by atoms with Crippen molar-refractivity contribution in [3.8, 4) is 0 Å². The molecule has 3 aromatic rings. The molecule has 0 atom stereocenters. The van der Waals surface area contributed by atoms with Crippen molar-refractivity contribution in [1.29, 1.82) is 0 Å². The maximum Gasteiger partial charge on any atom is 0.261 e. The van der Waals surface area contributed by atoms with Gasteiger partial charge >= 0.3 is 0 Å². The molecule has 33 heavy (non-hydrogen) atoms. The zero-order valence-corrected chi connectivity index (χ0v) is 19.1. The van der Waals surface area contributed by atoms with Gasteiger partial charge in [-0.05, 0) is 66.9 Å². The van der Waals surface area contributed by atoms with Crippen LogP contribution < -0.4 is 10.0 Å². The van der Waals surface area contributed by atoms with E-state index in [1.54, 1.807) is 36.4 Å².